The van der Waals surface area contributed by atoms with E-state index < -0.39 is 22.5 Å². The second kappa shape index (κ2) is 5.49. The van der Waals surface area contributed by atoms with Gasteiger partial charge in [-0.25, -0.2) is 22.3 Å². The van der Waals surface area contributed by atoms with Gasteiger partial charge in [-0.2, -0.15) is 0 Å². The molecule has 1 rings (SSSR count). The number of ether oxygens (including phenoxy) is 1. The Kier molecular flexibility index (Phi) is 4.47. The van der Waals surface area contributed by atoms with Gasteiger partial charge in [-0.3, -0.25) is 0 Å². The van der Waals surface area contributed by atoms with E-state index in [2.05, 4.69) is 5.32 Å². The fourth-order valence-corrected chi connectivity index (χ4v) is 1.82. The molecule has 0 bridgehead atoms. The van der Waals surface area contributed by atoms with Crippen molar-refractivity contribution in [3.05, 3.63) is 18.2 Å². The van der Waals surface area contributed by atoms with Gasteiger partial charge in [0, 0.05) is 0 Å². The lowest BCUT2D eigenvalue weighted by atomic mass is 10.2. The highest BCUT2D eigenvalue weighted by atomic mass is 32.2. The molecule has 0 spiro atoms. The molecule has 1 atom stereocenters. The lowest BCUT2D eigenvalue weighted by Crippen LogP contribution is -2.24. The molecule has 1 aromatic rings. The maximum atomic E-state index is 12.4. The van der Waals surface area contributed by atoms with Crippen LogP contribution < -0.4 is 15.2 Å². The molecule has 18 heavy (non-hydrogen) atoms. The molecule has 0 saturated carbocycles. The summed E-state index contributed by atoms with van der Waals surface area (Å²) in [6.07, 6.45) is -2.59. The van der Waals surface area contributed by atoms with Crippen LogP contribution in [0.2, 0.25) is 0 Å². The number of anilines is 1. The summed E-state index contributed by atoms with van der Waals surface area (Å²) >= 11 is 0. The molecular weight excluding hydrogens is 266 g/mol. The molecule has 1 aromatic carbocycles. The molecule has 0 aliphatic carbocycles. The Hall–Kier alpha value is -1.41. The maximum Gasteiger partial charge on any atom is 0.258 e. The topological polar surface area (TPSA) is 81.4 Å². The molecule has 0 aromatic heterocycles. The Morgan fingerprint density at radius 1 is 1.39 bits per heavy atom. The number of nitrogens with one attached hydrogen (secondary N) is 1. The van der Waals surface area contributed by atoms with Crippen LogP contribution in [-0.4, -0.2) is 28.0 Å². The maximum absolute atomic E-state index is 12.4. The summed E-state index contributed by atoms with van der Waals surface area (Å²) in [6, 6.07) is 2.61. The van der Waals surface area contributed by atoms with Crippen LogP contribution in [0.1, 0.15) is 6.92 Å². The highest BCUT2D eigenvalue weighted by Gasteiger charge is 2.18. The fraction of sp³-hybridized carbons (Fsp3) is 0.400. The van der Waals surface area contributed by atoms with Crippen LogP contribution in [0.4, 0.5) is 14.5 Å². The molecule has 0 aliphatic heterocycles. The van der Waals surface area contributed by atoms with E-state index >= 15 is 0 Å². The summed E-state index contributed by atoms with van der Waals surface area (Å²) in [5.74, 6) is 0.259. The molecule has 0 radical (unpaired) electrons. The summed E-state index contributed by atoms with van der Waals surface area (Å²) in [5.41, 5.74) is 0.150. The standard InChI is InChI=1S/C10H14F2N2O3S/c1-6(10(11)12)14-8-5-7(18(13,15)16)3-4-9(8)17-2/h3-6,10,14H,1-2H3,(H2,13,15,16). The Morgan fingerprint density at radius 2 is 2.00 bits per heavy atom. The van der Waals surface area contributed by atoms with E-state index in [1.54, 1.807) is 0 Å². The van der Waals surface area contributed by atoms with Gasteiger partial charge in [0.25, 0.3) is 6.43 Å². The lowest BCUT2D eigenvalue weighted by molar-refractivity contribution is 0.130. The van der Waals surface area contributed by atoms with Crippen LogP contribution >= 0.6 is 0 Å². The van der Waals surface area contributed by atoms with Gasteiger partial charge in [0.1, 0.15) is 5.75 Å². The molecule has 1 unspecified atom stereocenters. The minimum absolute atomic E-state index is 0.150. The monoisotopic (exact) mass is 280 g/mol. The third-order valence-electron chi connectivity index (χ3n) is 2.26. The summed E-state index contributed by atoms with van der Waals surface area (Å²) in [5, 5.41) is 7.44. The zero-order valence-electron chi connectivity index (χ0n) is 9.85. The number of hydrogen-bond acceptors (Lipinski definition) is 4. The van der Waals surface area contributed by atoms with Crippen LogP contribution in [0.5, 0.6) is 5.75 Å². The van der Waals surface area contributed by atoms with Crippen LogP contribution in [0.25, 0.3) is 0 Å². The van der Waals surface area contributed by atoms with Crippen molar-refractivity contribution < 1.29 is 21.9 Å². The molecule has 0 amide bonds. The Balaban J connectivity index is 3.15. The van der Waals surface area contributed by atoms with Gasteiger partial charge in [-0.15, -0.1) is 0 Å². The van der Waals surface area contributed by atoms with Gasteiger partial charge in [0.05, 0.1) is 23.7 Å². The van der Waals surface area contributed by atoms with Crippen LogP contribution in [0, 0.1) is 0 Å². The average molecular weight is 280 g/mol. The molecule has 0 heterocycles. The number of primary sulfonamides is 1. The van der Waals surface area contributed by atoms with Crippen LogP contribution in [0.15, 0.2) is 23.1 Å². The van der Waals surface area contributed by atoms with Gasteiger partial charge in [0.15, 0.2) is 0 Å². The first kappa shape index (κ1) is 14.7. The first-order valence-corrected chi connectivity index (χ1v) is 6.56. The first-order chi connectivity index (χ1) is 8.25. The predicted molar refractivity (Wildman–Crippen MR) is 63.5 cm³/mol. The van der Waals surface area contributed by atoms with E-state index in [4.69, 9.17) is 9.88 Å². The van der Waals surface area contributed by atoms with Crippen molar-refractivity contribution in [3.8, 4) is 5.75 Å². The number of hydrogen-bond donors (Lipinski definition) is 2. The zero-order valence-corrected chi connectivity index (χ0v) is 10.7. The van der Waals surface area contributed by atoms with Gasteiger partial charge >= 0.3 is 0 Å². The van der Waals surface area contributed by atoms with Crippen LogP contribution in [0.3, 0.4) is 0 Å². The average Bonchev–Trinajstić information content (AvgIpc) is 2.27. The van der Waals surface area contributed by atoms with Crippen molar-refractivity contribution in [1.29, 1.82) is 0 Å². The second-order valence-electron chi connectivity index (χ2n) is 3.67. The van der Waals surface area contributed by atoms with Crippen molar-refractivity contribution in [2.75, 3.05) is 12.4 Å². The molecule has 3 N–H and O–H groups in total. The molecule has 5 nitrogen and oxygen atoms in total. The summed E-state index contributed by atoms with van der Waals surface area (Å²) < 4.78 is 52.2. The minimum Gasteiger partial charge on any atom is -0.495 e. The third kappa shape index (κ3) is 3.54. The molecular formula is C10H14F2N2O3S. The summed E-state index contributed by atoms with van der Waals surface area (Å²) in [7, 11) is -2.54. The van der Waals surface area contributed by atoms with Crippen molar-refractivity contribution in [3.63, 3.8) is 0 Å². The third-order valence-corrected chi connectivity index (χ3v) is 3.17. The second-order valence-corrected chi connectivity index (χ2v) is 5.24. The van der Waals surface area contributed by atoms with E-state index in [9.17, 15) is 17.2 Å². The highest BCUT2D eigenvalue weighted by molar-refractivity contribution is 7.89. The number of sulfonamides is 1. The Labute approximate surface area is 104 Å². The van der Waals surface area contributed by atoms with E-state index in [-0.39, 0.29) is 16.3 Å². The van der Waals surface area contributed by atoms with Gasteiger partial charge in [-0.05, 0) is 25.1 Å². The quantitative estimate of drug-likeness (QED) is 0.854. The number of methoxy groups -OCH3 is 1. The van der Waals surface area contributed by atoms with E-state index in [0.717, 1.165) is 6.07 Å². The minimum atomic E-state index is -3.89. The van der Waals surface area contributed by atoms with Gasteiger partial charge in [-0.1, -0.05) is 0 Å². The smallest absolute Gasteiger partial charge is 0.258 e. The molecule has 102 valence electrons. The molecule has 0 fully saturated rings. The first-order valence-electron chi connectivity index (χ1n) is 5.01. The molecule has 8 heteroatoms. The summed E-state index contributed by atoms with van der Waals surface area (Å²) in [6.45, 7) is 1.27. The van der Waals surface area contributed by atoms with Gasteiger partial charge in [0.2, 0.25) is 10.0 Å². The van der Waals surface area contributed by atoms with Crippen molar-refractivity contribution >= 4 is 15.7 Å². The van der Waals surface area contributed by atoms with Crippen LogP contribution in [-0.2, 0) is 10.0 Å². The largest absolute Gasteiger partial charge is 0.495 e. The fourth-order valence-electron chi connectivity index (χ4n) is 1.29. The predicted octanol–water partition coefficient (Wildman–Crippen LogP) is 1.41. The van der Waals surface area contributed by atoms with Crippen molar-refractivity contribution in [2.24, 2.45) is 5.14 Å². The Bertz CT molecular complexity index is 520. The molecule has 0 saturated heterocycles. The van der Waals surface area contributed by atoms with Gasteiger partial charge < -0.3 is 10.1 Å². The van der Waals surface area contributed by atoms with Crippen molar-refractivity contribution in [2.45, 2.75) is 24.3 Å². The van der Waals surface area contributed by atoms with Crippen molar-refractivity contribution in [1.82, 2.24) is 0 Å². The molecule has 0 aliphatic rings. The Morgan fingerprint density at radius 3 is 2.44 bits per heavy atom. The summed E-state index contributed by atoms with van der Waals surface area (Å²) in [4.78, 5) is -0.174. The normalized spacial score (nSPS) is 13.4. The van der Waals surface area contributed by atoms with E-state index in [0.29, 0.717) is 0 Å². The number of nitrogens with two attached hydrogens (primary N) is 1. The number of benzene rings is 1. The highest BCUT2D eigenvalue weighted by Crippen LogP contribution is 2.28. The lowest BCUT2D eigenvalue weighted by Gasteiger charge is -2.17. The van der Waals surface area contributed by atoms with E-state index in [1.807, 2.05) is 0 Å². The SMILES string of the molecule is COc1ccc(S(N)(=O)=O)cc1NC(C)C(F)F. The number of halogens is 2. The number of rotatable bonds is 5. The number of alkyl halides is 2. The zero-order chi connectivity index (χ0) is 13.9. The van der Waals surface area contributed by atoms with E-state index in [1.165, 1.54) is 26.2 Å².